The summed E-state index contributed by atoms with van der Waals surface area (Å²) in [5.41, 5.74) is 5.55. The molecule has 1 saturated carbocycles. The Hall–Kier alpha value is -0.975. The van der Waals surface area contributed by atoms with E-state index >= 15 is 0 Å². The third kappa shape index (κ3) is 2.06. The lowest BCUT2D eigenvalue weighted by molar-refractivity contribution is 0.00578. The van der Waals surface area contributed by atoms with E-state index in [0.717, 1.165) is 12.8 Å². The van der Waals surface area contributed by atoms with Crippen LogP contribution in [0.3, 0.4) is 0 Å². The third-order valence-electron chi connectivity index (χ3n) is 4.68. The molecule has 1 aromatic rings. The van der Waals surface area contributed by atoms with Crippen molar-refractivity contribution in [1.82, 2.24) is 4.98 Å². The zero-order chi connectivity index (χ0) is 14.8. The van der Waals surface area contributed by atoms with Crippen molar-refractivity contribution >= 4 is 12.6 Å². The normalized spacial score (nSPS) is 25.8. The molecule has 3 rings (SSSR count). The van der Waals surface area contributed by atoms with Crippen LogP contribution in [0.1, 0.15) is 46.2 Å². The summed E-state index contributed by atoms with van der Waals surface area (Å²) in [5.74, 6) is -0.558. The van der Waals surface area contributed by atoms with Gasteiger partial charge in [0.2, 0.25) is 5.95 Å². The molecule has 0 radical (unpaired) electrons. The van der Waals surface area contributed by atoms with E-state index in [4.69, 9.17) is 15.0 Å². The van der Waals surface area contributed by atoms with E-state index in [2.05, 4.69) is 4.98 Å². The van der Waals surface area contributed by atoms with Gasteiger partial charge >= 0.3 is 7.12 Å². The first-order valence-electron chi connectivity index (χ1n) is 6.96. The summed E-state index contributed by atoms with van der Waals surface area (Å²) in [7, 11) is -0.727. The summed E-state index contributed by atoms with van der Waals surface area (Å²) in [5, 5.41) is 0. The first kappa shape index (κ1) is 14.0. The zero-order valence-corrected chi connectivity index (χ0v) is 12.4. The minimum Gasteiger partial charge on any atom is -0.399 e. The molecular weight excluding hydrogens is 258 g/mol. The molecule has 2 heterocycles. The topological polar surface area (TPSA) is 57.4 Å². The maximum Gasteiger partial charge on any atom is 0.499 e. The van der Waals surface area contributed by atoms with Gasteiger partial charge in [0.1, 0.15) is 0 Å². The summed E-state index contributed by atoms with van der Waals surface area (Å²) in [6.07, 6.45) is 1.71. The molecular formula is C14H20BFN2O2. The Balaban J connectivity index is 1.89. The Labute approximate surface area is 119 Å². The SMILES string of the molecule is CC1(C)OB(c2ccc(C3(N)CC3)nc2F)OC1(C)C. The highest BCUT2D eigenvalue weighted by molar-refractivity contribution is 6.62. The van der Waals surface area contributed by atoms with Gasteiger partial charge in [0.05, 0.1) is 22.4 Å². The highest BCUT2D eigenvalue weighted by Crippen LogP contribution is 2.41. The number of hydrogen-bond acceptors (Lipinski definition) is 4. The standard InChI is InChI=1S/C14H20BFN2O2/c1-12(2)13(3,4)20-15(19-12)9-5-6-10(18-11(9)16)14(17)7-8-14/h5-6H,7-8,17H2,1-4H3. The molecule has 1 aliphatic carbocycles. The van der Waals surface area contributed by atoms with E-state index in [1.54, 1.807) is 12.1 Å². The van der Waals surface area contributed by atoms with Crippen molar-refractivity contribution in [2.45, 2.75) is 57.3 Å². The average Bonchev–Trinajstić information content (AvgIpc) is 3.01. The smallest absolute Gasteiger partial charge is 0.399 e. The number of hydrogen-bond donors (Lipinski definition) is 1. The van der Waals surface area contributed by atoms with Crippen LogP contribution in [0.25, 0.3) is 0 Å². The third-order valence-corrected chi connectivity index (χ3v) is 4.68. The van der Waals surface area contributed by atoms with Gasteiger partial charge < -0.3 is 15.0 Å². The van der Waals surface area contributed by atoms with Gasteiger partial charge in [-0.15, -0.1) is 0 Å². The number of pyridine rings is 1. The molecule has 1 saturated heterocycles. The largest absolute Gasteiger partial charge is 0.499 e. The van der Waals surface area contributed by atoms with Crippen LogP contribution in [0.4, 0.5) is 4.39 Å². The van der Waals surface area contributed by atoms with E-state index in [9.17, 15) is 4.39 Å². The molecule has 6 heteroatoms. The molecule has 4 nitrogen and oxygen atoms in total. The van der Waals surface area contributed by atoms with Crippen LogP contribution < -0.4 is 11.2 Å². The lowest BCUT2D eigenvalue weighted by Gasteiger charge is -2.32. The lowest BCUT2D eigenvalue weighted by Crippen LogP contribution is -2.41. The van der Waals surface area contributed by atoms with Gasteiger partial charge in [-0.05, 0) is 46.6 Å². The van der Waals surface area contributed by atoms with E-state index in [-0.39, 0.29) is 0 Å². The fourth-order valence-electron chi connectivity index (χ4n) is 2.26. The summed E-state index contributed by atoms with van der Waals surface area (Å²) >= 11 is 0. The van der Waals surface area contributed by atoms with Gasteiger partial charge in [-0.3, -0.25) is 0 Å². The molecule has 2 fully saturated rings. The Morgan fingerprint density at radius 3 is 2.15 bits per heavy atom. The minimum absolute atomic E-state index is 0.330. The fourth-order valence-corrected chi connectivity index (χ4v) is 2.26. The second-order valence-electron chi connectivity index (χ2n) is 6.82. The predicted octanol–water partition coefficient (Wildman–Crippen LogP) is 1.47. The van der Waals surface area contributed by atoms with E-state index in [0.29, 0.717) is 11.2 Å². The van der Waals surface area contributed by atoms with Crippen molar-refractivity contribution in [3.63, 3.8) is 0 Å². The van der Waals surface area contributed by atoms with Crippen LogP contribution in [0.5, 0.6) is 0 Å². The maximum atomic E-state index is 14.2. The van der Waals surface area contributed by atoms with Crippen molar-refractivity contribution in [2.75, 3.05) is 0 Å². The number of nitrogens with two attached hydrogens (primary N) is 1. The monoisotopic (exact) mass is 278 g/mol. The first-order valence-corrected chi connectivity index (χ1v) is 6.96. The predicted molar refractivity (Wildman–Crippen MR) is 75.0 cm³/mol. The second kappa shape index (κ2) is 4.03. The second-order valence-corrected chi connectivity index (χ2v) is 6.82. The number of aromatic nitrogens is 1. The summed E-state index contributed by atoms with van der Waals surface area (Å²) < 4.78 is 25.9. The molecule has 108 valence electrons. The Morgan fingerprint density at radius 2 is 1.70 bits per heavy atom. The zero-order valence-electron chi connectivity index (χ0n) is 12.4. The van der Waals surface area contributed by atoms with Crippen molar-refractivity contribution < 1.29 is 13.7 Å². The average molecular weight is 278 g/mol. The van der Waals surface area contributed by atoms with Crippen molar-refractivity contribution in [3.05, 3.63) is 23.8 Å². The van der Waals surface area contributed by atoms with E-state index in [1.807, 2.05) is 27.7 Å². The van der Waals surface area contributed by atoms with Gasteiger partial charge in [-0.2, -0.15) is 4.39 Å². The Morgan fingerprint density at radius 1 is 1.15 bits per heavy atom. The van der Waals surface area contributed by atoms with Crippen LogP contribution >= 0.6 is 0 Å². The van der Waals surface area contributed by atoms with Crippen molar-refractivity contribution in [2.24, 2.45) is 5.73 Å². The van der Waals surface area contributed by atoms with Gasteiger partial charge in [0, 0.05) is 5.46 Å². The molecule has 1 aromatic heterocycles. The minimum atomic E-state index is -0.727. The molecule has 0 amide bonds. The van der Waals surface area contributed by atoms with Crippen LogP contribution in [0.2, 0.25) is 0 Å². The van der Waals surface area contributed by atoms with Crippen LogP contribution in [0.15, 0.2) is 12.1 Å². The number of halogens is 1. The molecule has 0 bridgehead atoms. The molecule has 1 aliphatic heterocycles. The van der Waals surface area contributed by atoms with E-state index in [1.165, 1.54) is 0 Å². The lowest BCUT2D eigenvalue weighted by atomic mass is 9.79. The molecule has 20 heavy (non-hydrogen) atoms. The molecule has 0 spiro atoms. The highest BCUT2D eigenvalue weighted by Gasteiger charge is 2.53. The van der Waals surface area contributed by atoms with Gasteiger partial charge in [0.25, 0.3) is 0 Å². The summed E-state index contributed by atoms with van der Waals surface area (Å²) in [6.45, 7) is 7.75. The Bertz CT molecular complexity index is 542. The molecule has 0 aromatic carbocycles. The van der Waals surface area contributed by atoms with Crippen LogP contribution in [0, 0.1) is 5.95 Å². The van der Waals surface area contributed by atoms with Gasteiger partial charge in [-0.25, -0.2) is 4.98 Å². The van der Waals surface area contributed by atoms with Crippen molar-refractivity contribution in [3.8, 4) is 0 Å². The number of rotatable bonds is 2. The van der Waals surface area contributed by atoms with Crippen LogP contribution in [-0.2, 0) is 14.8 Å². The van der Waals surface area contributed by atoms with Gasteiger partial charge in [0.15, 0.2) is 0 Å². The van der Waals surface area contributed by atoms with Crippen molar-refractivity contribution in [1.29, 1.82) is 0 Å². The van der Waals surface area contributed by atoms with Crippen LogP contribution in [-0.4, -0.2) is 23.3 Å². The summed E-state index contributed by atoms with van der Waals surface area (Å²) in [6, 6.07) is 3.45. The summed E-state index contributed by atoms with van der Waals surface area (Å²) in [4.78, 5) is 4.00. The van der Waals surface area contributed by atoms with E-state index < -0.39 is 29.8 Å². The Kier molecular flexibility index (Phi) is 2.81. The maximum absolute atomic E-state index is 14.2. The number of nitrogens with zero attached hydrogens (tertiary/aromatic N) is 1. The highest BCUT2D eigenvalue weighted by atomic mass is 19.1. The fraction of sp³-hybridized carbons (Fsp3) is 0.643. The molecule has 0 unspecified atom stereocenters. The molecule has 2 aliphatic rings. The molecule has 0 atom stereocenters. The quantitative estimate of drug-likeness (QED) is 0.657. The first-order chi connectivity index (χ1) is 9.15. The van der Waals surface area contributed by atoms with Gasteiger partial charge in [-0.1, -0.05) is 6.07 Å². The molecule has 2 N–H and O–H groups in total.